The van der Waals surface area contributed by atoms with Gasteiger partial charge < -0.3 is 9.15 Å². The van der Waals surface area contributed by atoms with Gasteiger partial charge in [-0.05, 0) is 23.8 Å². The zero-order valence-corrected chi connectivity index (χ0v) is 8.52. The van der Waals surface area contributed by atoms with Gasteiger partial charge in [0, 0.05) is 6.08 Å². The molecule has 0 amide bonds. The van der Waals surface area contributed by atoms with Gasteiger partial charge in [-0.1, -0.05) is 6.07 Å². The minimum atomic E-state index is -0.496. The first-order chi connectivity index (χ1) is 7.69. The Balaban J connectivity index is 2.35. The maximum absolute atomic E-state index is 10.9. The van der Waals surface area contributed by atoms with Crippen molar-refractivity contribution in [1.82, 2.24) is 4.98 Å². The van der Waals surface area contributed by atoms with E-state index >= 15 is 0 Å². The van der Waals surface area contributed by atoms with Gasteiger partial charge in [0.25, 0.3) is 0 Å². The van der Waals surface area contributed by atoms with E-state index in [-0.39, 0.29) is 0 Å². The predicted molar refractivity (Wildman–Crippen MR) is 57.9 cm³/mol. The number of carbonyl (C=O) groups is 1. The average Bonchev–Trinajstić information content (AvgIpc) is 2.65. The van der Waals surface area contributed by atoms with Gasteiger partial charge in [-0.25, -0.2) is 9.59 Å². The molecular formula is C11H9NO4. The lowest BCUT2D eigenvalue weighted by Crippen LogP contribution is -1.93. The SMILES string of the molecule is COC(=O)/C=C/c1ccc2oc(=O)[nH]c2c1. The van der Waals surface area contributed by atoms with Gasteiger partial charge in [0.1, 0.15) is 0 Å². The molecule has 0 saturated heterocycles. The highest BCUT2D eigenvalue weighted by Gasteiger charge is 2.00. The van der Waals surface area contributed by atoms with Gasteiger partial charge in [0.15, 0.2) is 5.58 Å². The van der Waals surface area contributed by atoms with Crippen molar-refractivity contribution in [3.63, 3.8) is 0 Å². The van der Waals surface area contributed by atoms with E-state index in [0.717, 1.165) is 5.56 Å². The number of fused-ring (bicyclic) bond motifs is 1. The Morgan fingerprint density at radius 2 is 2.31 bits per heavy atom. The summed E-state index contributed by atoms with van der Waals surface area (Å²) >= 11 is 0. The van der Waals surface area contributed by atoms with E-state index in [1.807, 2.05) is 0 Å². The Bertz CT molecular complexity index is 606. The normalized spacial score (nSPS) is 11.1. The van der Waals surface area contributed by atoms with Gasteiger partial charge in [0.05, 0.1) is 12.6 Å². The summed E-state index contributed by atoms with van der Waals surface area (Å²) in [6.45, 7) is 0. The highest BCUT2D eigenvalue weighted by molar-refractivity contribution is 5.87. The number of nitrogens with one attached hydrogen (secondary N) is 1. The molecule has 0 saturated carbocycles. The van der Waals surface area contributed by atoms with Crippen molar-refractivity contribution in [3.05, 3.63) is 40.4 Å². The molecule has 2 rings (SSSR count). The van der Waals surface area contributed by atoms with Crippen LogP contribution in [0.5, 0.6) is 0 Å². The number of esters is 1. The van der Waals surface area contributed by atoms with Gasteiger partial charge >= 0.3 is 11.7 Å². The number of carbonyl (C=O) groups excluding carboxylic acids is 1. The van der Waals surface area contributed by atoms with E-state index in [2.05, 4.69) is 9.72 Å². The minimum Gasteiger partial charge on any atom is -0.466 e. The largest absolute Gasteiger partial charge is 0.466 e. The first kappa shape index (κ1) is 10.2. The van der Waals surface area contributed by atoms with Crippen LogP contribution in [0.25, 0.3) is 17.2 Å². The first-order valence-electron chi connectivity index (χ1n) is 4.58. The molecule has 2 aromatic rings. The maximum Gasteiger partial charge on any atom is 0.417 e. The van der Waals surface area contributed by atoms with E-state index in [1.165, 1.54) is 13.2 Å². The Labute approximate surface area is 90.3 Å². The number of ether oxygens (including phenoxy) is 1. The Hall–Kier alpha value is -2.30. The molecule has 1 aromatic carbocycles. The summed E-state index contributed by atoms with van der Waals surface area (Å²) in [5, 5.41) is 0. The summed E-state index contributed by atoms with van der Waals surface area (Å²) < 4.78 is 9.30. The summed E-state index contributed by atoms with van der Waals surface area (Å²) in [6.07, 6.45) is 2.90. The van der Waals surface area contributed by atoms with Crippen LogP contribution in [0.2, 0.25) is 0 Å². The van der Waals surface area contributed by atoms with Gasteiger partial charge in [-0.3, -0.25) is 4.98 Å². The maximum atomic E-state index is 10.9. The minimum absolute atomic E-state index is 0.430. The van der Waals surface area contributed by atoms with Crippen molar-refractivity contribution < 1.29 is 13.9 Å². The molecule has 0 bridgehead atoms. The number of benzene rings is 1. The number of rotatable bonds is 2. The third kappa shape index (κ3) is 2.03. The smallest absolute Gasteiger partial charge is 0.417 e. The zero-order chi connectivity index (χ0) is 11.5. The molecule has 0 atom stereocenters. The number of aromatic nitrogens is 1. The van der Waals surface area contributed by atoms with Crippen LogP contribution in [0.4, 0.5) is 0 Å². The van der Waals surface area contributed by atoms with Crippen LogP contribution in [-0.2, 0) is 9.53 Å². The van der Waals surface area contributed by atoms with E-state index in [1.54, 1.807) is 24.3 Å². The van der Waals surface area contributed by atoms with Crippen molar-refractivity contribution in [3.8, 4) is 0 Å². The lowest BCUT2D eigenvalue weighted by molar-refractivity contribution is -0.134. The number of H-pyrrole nitrogens is 1. The monoisotopic (exact) mass is 219 g/mol. The summed E-state index contributed by atoms with van der Waals surface area (Å²) in [4.78, 5) is 24.3. The third-order valence-electron chi connectivity index (χ3n) is 2.06. The first-order valence-corrected chi connectivity index (χ1v) is 4.58. The van der Waals surface area contributed by atoms with Crippen LogP contribution in [0.15, 0.2) is 33.5 Å². The van der Waals surface area contributed by atoms with Crippen molar-refractivity contribution in [2.75, 3.05) is 7.11 Å². The zero-order valence-electron chi connectivity index (χ0n) is 8.52. The van der Waals surface area contributed by atoms with E-state index in [4.69, 9.17) is 4.42 Å². The van der Waals surface area contributed by atoms with Crippen LogP contribution in [0, 0.1) is 0 Å². The highest BCUT2D eigenvalue weighted by atomic mass is 16.5. The Morgan fingerprint density at radius 3 is 3.06 bits per heavy atom. The van der Waals surface area contributed by atoms with Crippen molar-refractivity contribution in [2.45, 2.75) is 0 Å². The van der Waals surface area contributed by atoms with Crippen LogP contribution < -0.4 is 5.76 Å². The molecule has 0 radical (unpaired) electrons. The molecule has 5 nitrogen and oxygen atoms in total. The van der Waals surface area contributed by atoms with E-state index < -0.39 is 11.7 Å². The van der Waals surface area contributed by atoms with Crippen LogP contribution in [-0.4, -0.2) is 18.1 Å². The van der Waals surface area contributed by atoms with Crippen LogP contribution in [0.3, 0.4) is 0 Å². The molecule has 0 aliphatic heterocycles. The molecule has 16 heavy (non-hydrogen) atoms. The average molecular weight is 219 g/mol. The summed E-state index contributed by atoms with van der Waals surface area (Å²) in [5.41, 5.74) is 1.85. The second-order valence-corrected chi connectivity index (χ2v) is 3.13. The van der Waals surface area contributed by atoms with Crippen LogP contribution in [0.1, 0.15) is 5.56 Å². The second kappa shape index (κ2) is 4.06. The number of methoxy groups -OCH3 is 1. The lowest BCUT2D eigenvalue weighted by Gasteiger charge is -1.93. The quantitative estimate of drug-likeness (QED) is 0.610. The molecular weight excluding hydrogens is 210 g/mol. The summed E-state index contributed by atoms with van der Waals surface area (Å²) in [7, 11) is 1.31. The van der Waals surface area contributed by atoms with Gasteiger partial charge in [-0.2, -0.15) is 0 Å². The predicted octanol–water partition coefficient (Wildman–Crippen LogP) is 1.31. The molecule has 1 aromatic heterocycles. The van der Waals surface area contributed by atoms with Gasteiger partial charge in [-0.15, -0.1) is 0 Å². The second-order valence-electron chi connectivity index (χ2n) is 3.13. The van der Waals surface area contributed by atoms with Gasteiger partial charge in [0.2, 0.25) is 0 Å². The fourth-order valence-corrected chi connectivity index (χ4v) is 1.31. The summed E-state index contributed by atoms with van der Waals surface area (Å²) in [6, 6.07) is 5.10. The topological polar surface area (TPSA) is 72.3 Å². The van der Waals surface area contributed by atoms with E-state index in [0.29, 0.717) is 11.1 Å². The lowest BCUT2D eigenvalue weighted by atomic mass is 10.2. The summed E-state index contributed by atoms with van der Waals surface area (Å²) in [5.74, 6) is -0.926. The molecule has 0 unspecified atom stereocenters. The number of hydrogen-bond acceptors (Lipinski definition) is 4. The highest BCUT2D eigenvalue weighted by Crippen LogP contribution is 2.13. The fraction of sp³-hybridized carbons (Fsp3) is 0.0909. The van der Waals surface area contributed by atoms with Crippen LogP contribution >= 0.6 is 0 Å². The molecule has 5 heteroatoms. The number of hydrogen-bond donors (Lipinski definition) is 1. The third-order valence-corrected chi connectivity index (χ3v) is 2.06. The van der Waals surface area contributed by atoms with E-state index in [9.17, 15) is 9.59 Å². The molecule has 1 heterocycles. The molecule has 82 valence electrons. The van der Waals surface area contributed by atoms with Crippen molar-refractivity contribution >= 4 is 23.1 Å². The Morgan fingerprint density at radius 1 is 1.50 bits per heavy atom. The molecule has 0 spiro atoms. The Kier molecular flexibility index (Phi) is 2.59. The number of aromatic amines is 1. The molecule has 1 N–H and O–H groups in total. The molecule has 0 fully saturated rings. The van der Waals surface area contributed by atoms with Crippen molar-refractivity contribution in [2.24, 2.45) is 0 Å². The molecule has 0 aliphatic rings. The molecule has 0 aliphatic carbocycles. The standard InChI is InChI=1S/C11H9NO4/c1-15-10(13)5-3-7-2-4-9-8(6-7)12-11(14)16-9/h2-6H,1H3,(H,12,14)/b5-3+. The number of oxazole rings is 1. The van der Waals surface area contributed by atoms with Crippen molar-refractivity contribution in [1.29, 1.82) is 0 Å². The fourth-order valence-electron chi connectivity index (χ4n) is 1.31.